The van der Waals surface area contributed by atoms with Crippen molar-refractivity contribution in [3.05, 3.63) is 75.8 Å². The van der Waals surface area contributed by atoms with Gasteiger partial charge < -0.3 is 0 Å². The molecule has 0 saturated carbocycles. The minimum absolute atomic E-state index is 0.189. The Balaban J connectivity index is 1.50. The van der Waals surface area contributed by atoms with Gasteiger partial charge in [0.05, 0.1) is 10.6 Å². The second-order valence-electron chi connectivity index (χ2n) is 7.00. The Kier molecular flexibility index (Phi) is 5.24. The number of anilines is 1. The van der Waals surface area contributed by atoms with Gasteiger partial charge in [-0.05, 0) is 55.7 Å². The van der Waals surface area contributed by atoms with Crippen LogP contribution in [0, 0.1) is 13.8 Å². The van der Waals surface area contributed by atoms with Crippen molar-refractivity contribution in [1.82, 2.24) is 9.29 Å². The second-order valence-corrected chi connectivity index (χ2v) is 10.1. The molecule has 1 aliphatic heterocycles. The summed E-state index contributed by atoms with van der Waals surface area (Å²) in [5, 5.41) is 3.30. The SMILES string of the molecule is Cc1nc(NC(=O)c2ccc(S(=O)(=O)N3CCc4ccccc4C3)cc2)sc1C. The molecule has 1 aromatic heterocycles. The Labute approximate surface area is 174 Å². The maximum absolute atomic E-state index is 13.0. The van der Waals surface area contributed by atoms with Crippen LogP contribution in [0.15, 0.2) is 53.4 Å². The summed E-state index contributed by atoms with van der Waals surface area (Å²) in [4.78, 5) is 18.0. The smallest absolute Gasteiger partial charge is 0.257 e. The van der Waals surface area contributed by atoms with Crippen molar-refractivity contribution in [1.29, 1.82) is 0 Å². The maximum atomic E-state index is 13.0. The molecule has 4 rings (SSSR count). The number of hydrogen-bond donors (Lipinski definition) is 1. The van der Waals surface area contributed by atoms with Crippen LogP contribution in [0.2, 0.25) is 0 Å². The highest BCUT2D eigenvalue weighted by Gasteiger charge is 2.28. The number of amides is 1. The average molecular weight is 428 g/mol. The van der Waals surface area contributed by atoms with Crippen molar-refractivity contribution in [3.63, 3.8) is 0 Å². The third-order valence-corrected chi connectivity index (χ3v) is 7.95. The summed E-state index contributed by atoms with van der Waals surface area (Å²) < 4.78 is 27.5. The predicted molar refractivity (Wildman–Crippen MR) is 114 cm³/mol. The second kappa shape index (κ2) is 7.70. The summed E-state index contributed by atoms with van der Waals surface area (Å²) in [5.74, 6) is -0.311. The first-order valence-corrected chi connectivity index (χ1v) is 11.5. The number of fused-ring (bicyclic) bond motifs is 1. The van der Waals surface area contributed by atoms with Crippen LogP contribution in [0.4, 0.5) is 5.13 Å². The van der Waals surface area contributed by atoms with E-state index in [4.69, 9.17) is 0 Å². The van der Waals surface area contributed by atoms with E-state index in [1.54, 1.807) is 0 Å². The van der Waals surface area contributed by atoms with Crippen LogP contribution < -0.4 is 5.32 Å². The van der Waals surface area contributed by atoms with Crippen LogP contribution in [0.5, 0.6) is 0 Å². The van der Waals surface area contributed by atoms with E-state index < -0.39 is 10.0 Å². The molecular formula is C21H21N3O3S2. The van der Waals surface area contributed by atoms with Crippen LogP contribution in [-0.2, 0) is 23.0 Å². The fraction of sp³-hybridized carbons (Fsp3) is 0.238. The van der Waals surface area contributed by atoms with E-state index in [9.17, 15) is 13.2 Å². The minimum Gasteiger partial charge on any atom is -0.298 e. The number of rotatable bonds is 4. The normalized spacial score (nSPS) is 14.4. The van der Waals surface area contributed by atoms with Crippen molar-refractivity contribution in [2.24, 2.45) is 0 Å². The van der Waals surface area contributed by atoms with Crippen LogP contribution >= 0.6 is 11.3 Å². The van der Waals surface area contributed by atoms with Gasteiger partial charge in [0, 0.05) is 23.5 Å². The zero-order chi connectivity index (χ0) is 20.6. The van der Waals surface area contributed by atoms with Crippen LogP contribution in [0.3, 0.4) is 0 Å². The molecule has 0 atom stereocenters. The van der Waals surface area contributed by atoms with Gasteiger partial charge in [-0.3, -0.25) is 10.1 Å². The highest BCUT2D eigenvalue weighted by Crippen LogP contribution is 2.26. The van der Waals surface area contributed by atoms with Crippen LogP contribution in [-0.4, -0.2) is 30.2 Å². The summed E-state index contributed by atoms with van der Waals surface area (Å²) >= 11 is 1.41. The maximum Gasteiger partial charge on any atom is 0.257 e. The Morgan fingerprint density at radius 3 is 2.41 bits per heavy atom. The van der Waals surface area contributed by atoms with Gasteiger partial charge in [-0.2, -0.15) is 4.31 Å². The highest BCUT2D eigenvalue weighted by atomic mass is 32.2. The Morgan fingerprint density at radius 2 is 1.76 bits per heavy atom. The van der Waals surface area contributed by atoms with Gasteiger partial charge in [0.1, 0.15) is 0 Å². The third-order valence-electron chi connectivity index (χ3n) is 5.10. The number of sulfonamides is 1. The van der Waals surface area contributed by atoms with Crippen molar-refractivity contribution in [2.75, 3.05) is 11.9 Å². The predicted octanol–water partition coefficient (Wildman–Crippen LogP) is 3.76. The van der Waals surface area contributed by atoms with Gasteiger partial charge in [0.15, 0.2) is 5.13 Å². The Morgan fingerprint density at radius 1 is 1.07 bits per heavy atom. The fourth-order valence-electron chi connectivity index (χ4n) is 3.30. The van der Waals surface area contributed by atoms with E-state index in [1.165, 1.54) is 45.5 Å². The summed E-state index contributed by atoms with van der Waals surface area (Å²) in [5.41, 5.74) is 3.50. The molecule has 0 fully saturated rings. The lowest BCUT2D eigenvalue weighted by atomic mass is 10.0. The summed E-state index contributed by atoms with van der Waals surface area (Å²) in [7, 11) is -3.62. The van der Waals surface area contributed by atoms with E-state index >= 15 is 0 Å². The molecule has 1 amide bonds. The molecule has 29 heavy (non-hydrogen) atoms. The van der Waals surface area contributed by atoms with Crippen molar-refractivity contribution in [3.8, 4) is 0 Å². The average Bonchev–Trinajstić information content (AvgIpc) is 3.04. The summed E-state index contributed by atoms with van der Waals surface area (Å²) in [6.07, 6.45) is 0.697. The monoisotopic (exact) mass is 427 g/mol. The quantitative estimate of drug-likeness (QED) is 0.688. The van der Waals surface area contributed by atoms with Crippen LogP contribution in [0.1, 0.15) is 32.1 Å². The van der Waals surface area contributed by atoms with Crippen molar-refractivity contribution < 1.29 is 13.2 Å². The molecule has 3 aromatic rings. The van der Waals surface area contributed by atoms with E-state index in [1.807, 2.05) is 38.1 Å². The lowest BCUT2D eigenvalue weighted by molar-refractivity contribution is 0.102. The molecular weight excluding hydrogens is 406 g/mol. The standard InChI is InChI=1S/C21H21N3O3S2/c1-14-15(2)28-21(22-14)23-20(25)17-7-9-19(10-8-17)29(26,27)24-12-11-16-5-3-4-6-18(16)13-24/h3-10H,11-13H2,1-2H3,(H,22,23,25). The van der Waals surface area contributed by atoms with Gasteiger partial charge in [-0.15, -0.1) is 11.3 Å². The molecule has 1 aliphatic rings. The zero-order valence-corrected chi connectivity index (χ0v) is 17.8. The molecule has 150 valence electrons. The van der Waals surface area contributed by atoms with Gasteiger partial charge >= 0.3 is 0 Å². The van der Waals surface area contributed by atoms with Crippen molar-refractivity contribution in [2.45, 2.75) is 31.7 Å². The molecule has 2 aromatic carbocycles. The summed E-state index contributed by atoms with van der Waals surface area (Å²) in [6.45, 7) is 4.65. The number of aryl methyl sites for hydroxylation is 2. The number of carbonyl (C=O) groups is 1. The topological polar surface area (TPSA) is 79.4 Å². The number of hydrogen-bond acceptors (Lipinski definition) is 5. The Hall–Kier alpha value is -2.55. The fourth-order valence-corrected chi connectivity index (χ4v) is 5.53. The largest absolute Gasteiger partial charge is 0.298 e. The lowest BCUT2D eigenvalue weighted by Gasteiger charge is -2.28. The first-order valence-electron chi connectivity index (χ1n) is 9.27. The first-order chi connectivity index (χ1) is 13.8. The molecule has 1 N–H and O–H groups in total. The molecule has 6 nitrogen and oxygen atoms in total. The van der Waals surface area contributed by atoms with Gasteiger partial charge in [0.25, 0.3) is 5.91 Å². The molecule has 8 heteroatoms. The molecule has 0 spiro atoms. The zero-order valence-electron chi connectivity index (χ0n) is 16.2. The van der Waals surface area contributed by atoms with Gasteiger partial charge in [-0.1, -0.05) is 24.3 Å². The molecule has 0 saturated heterocycles. The Bertz CT molecular complexity index is 1150. The number of benzene rings is 2. The molecule has 0 unspecified atom stereocenters. The number of nitrogens with one attached hydrogen (secondary N) is 1. The number of aromatic nitrogens is 1. The van der Waals surface area contributed by atoms with E-state index in [0.29, 0.717) is 30.2 Å². The molecule has 0 bridgehead atoms. The van der Waals surface area contributed by atoms with Gasteiger partial charge in [0.2, 0.25) is 10.0 Å². The third kappa shape index (κ3) is 3.96. The number of carbonyl (C=O) groups excluding carboxylic acids is 1. The first kappa shape index (κ1) is 19.8. The van der Waals surface area contributed by atoms with Crippen molar-refractivity contribution >= 4 is 32.4 Å². The molecule has 2 heterocycles. The molecule has 0 aliphatic carbocycles. The number of nitrogens with zero attached hydrogens (tertiary/aromatic N) is 2. The van der Waals surface area contributed by atoms with Crippen LogP contribution in [0.25, 0.3) is 0 Å². The van der Waals surface area contributed by atoms with E-state index in [2.05, 4.69) is 10.3 Å². The van der Waals surface area contributed by atoms with Gasteiger partial charge in [-0.25, -0.2) is 13.4 Å². The highest BCUT2D eigenvalue weighted by molar-refractivity contribution is 7.89. The van der Waals surface area contributed by atoms with E-state index in [0.717, 1.165) is 16.1 Å². The van der Waals surface area contributed by atoms with E-state index in [-0.39, 0.29) is 10.8 Å². The lowest BCUT2D eigenvalue weighted by Crippen LogP contribution is -2.35. The summed E-state index contributed by atoms with van der Waals surface area (Å²) in [6, 6.07) is 14.0. The molecule has 0 radical (unpaired) electrons. The number of thiazole rings is 1. The minimum atomic E-state index is -3.62.